The molecule has 15 heavy (non-hydrogen) atoms. The predicted molar refractivity (Wildman–Crippen MR) is 60.3 cm³/mol. The van der Waals surface area contributed by atoms with Crippen LogP contribution in [0.3, 0.4) is 0 Å². The lowest BCUT2D eigenvalue weighted by Gasteiger charge is -2.11. The van der Waals surface area contributed by atoms with Crippen LogP contribution in [-0.2, 0) is 4.79 Å². The third-order valence-electron chi connectivity index (χ3n) is 2.57. The normalized spacial score (nSPS) is 18.0. The molecule has 0 bridgehead atoms. The fourth-order valence-electron chi connectivity index (χ4n) is 1.78. The summed E-state index contributed by atoms with van der Waals surface area (Å²) in [7, 11) is 0. The number of nitrogens with one attached hydrogen (secondary N) is 1. The Hall–Kier alpha value is -1.26. The van der Waals surface area contributed by atoms with Crippen LogP contribution < -0.4 is 16.8 Å². The number of carbonyl (C=O) groups excluding carboxylic acids is 1. The van der Waals surface area contributed by atoms with E-state index < -0.39 is 0 Å². The van der Waals surface area contributed by atoms with E-state index in [-0.39, 0.29) is 5.91 Å². The van der Waals surface area contributed by atoms with Gasteiger partial charge in [0.2, 0.25) is 5.91 Å². The van der Waals surface area contributed by atoms with E-state index in [2.05, 4.69) is 10.3 Å². The number of rotatable bonds is 5. The molecule has 0 aromatic rings. The van der Waals surface area contributed by atoms with Crippen molar-refractivity contribution in [1.29, 1.82) is 0 Å². The highest BCUT2D eigenvalue weighted by atomic mass is 16.1. The molecule has 1 fully saturated rings. The molecule has 1 aliphatic carbocycles. The van der Waals surface area contributed by atoms with Gasteiger partial charge in [-0.05, 0) is 19.3 Å². The summed E-state index contributed by atoms with van der Waals surface area (Å²) in [6.45, 7) is 0.564. The molecule has 1 rings (SSSR count). The SMILES string of the molecule is NC(=O)CCCN=C(N)NC1CCCC1. The molecule has 5 heteroatoms. The van der Waals surface area contributed by atoms with Crippen molar-refractivity contribution in [3.05, 3.63) is 0 Å². The van der Waals surface area contributed by atoms with Crippen LogP contribution in [0.4, 0.5) is 0 Å². The van der Waals surface area contributed by atoms with E-state index in [0.29, 0.717) is 31.4 Å². The van der Waals surface area contributed by atoms with E-state index in [9.17, 15) is 4.79 Å². The number of carbonyl (C=O) groups is 1. The largest absolute Gasteiger partial charge is 0.370 e. The van der Waals surface area contributed by atoms with Crippen molar-refractivity contribution < 1.29 is 4.79 Å². The zero-order valence-electron chi connectivity index (χ0n) is 9.04. The zero-order chi connectivity index (χ0) is 11.1. The van der Waals surface area contributed by atoms with Gasteiger partial charge in [-0.3, -0.25) is 9.79 Å². The Morgan fingerprint density at radius 2 is 2.00 bits per heavy atom. The van der Waals surface area contributed by atoms with Crippen LogP contribution in [0, 0.1) is 0 Å². The summed E-state index contributed by atoms with van der Waals surface area (Å²) in [6.07, 6.45) is 5.94. The summed E-state index contributed by atoms with van der Waals surface area (Å²) in [5, 5.41) is 3.18. The van der Waals surface area contributed by atoms with Crippen LogP contribution in [0.5, 0.6) is 0 Å². The minimum Gasteiger partial charge on any atom is -0.370 e. The quantitative estimate of drug-likeness (QED) is 0.343. The molecular weight excluding hydrogens is 192 g/mol. The highest BCUT2D eigenvalue weighted by molar-refractivity contribution is 5.78. The first-order chi connectivity index (χ1) is 7.18. The second-order valence-corrected chi connectivity index (χ2v) is 3.96. The van der Waals surface area contributed by atoms with Gasteiger partial charge in [-0.15, -0.1) is 0 Å². The van der Waals surface area contributed by atoms with Crippen molar-refractivity contribution in [3.63, 3.8) is 0 Å². The van der Waals surface area contributed by atoms with Crippen LogP contribution >= 0.6 is 0 Å². The standard InChI is InChI=1S/C10H20N4O/c11-9(15)6-3-7-13-10(12)14-8-4-1-2-5-8/h8H,1-7H2,(H2,11,15)(H3,12,13,14). The molecule has 0 spiro atoms. The molecule has 0 radical (unpaired) electrons. The van der Waals surface area contributed by atoms with Gasteiger partial charge in [0.05, 0.1) is 0 Å². The van der Waals surface area contributed by atoms with E-state index in [0.717, 1.165) is 0 Å². The van der Waals surface area contributed by atoms with Crippen molar-refractivity contribution >= 4 is 11.9 Å². The third-order valence-corrected chi connectivity index (χ3v) is 2.57. The molecule has 1 saturated carbocycles. The molecular formula is C10H20N4O. The van der Waals surface area contributed by atoms with Gasteiger partial charge in [-0.25, -0.2) is 0 Å². The third kappa shape index (κ3) is 5.24. The highest BCUT2D eigenvalue weighted by Crippen LogP contribution is 2.17. The molecule has 0 atom stereocenters. The fourth-order valence-corrected chi connectivity index (χ4v) is 1.78. The maximum Gasteiger partial charge on any atom is 0.217 e. The van der Waals surface area contributed by atoms with Crippen molar-refractivity contribution in [2.45, 2.75) is 44.6 Å². The molecule has 1 aliphatic rings. The number of hydrogen-bond donors (Lipinski definition) is 3. The molecule has 0 saturated heterocycles. The summed E-state index contributed by atoms with van der Waals surface area (Å²) in [6, 6.07) is 0.491. The van der Waals surface area contributed by atoms with Gasteiger partial charge >= 0.3 is 0 Å². The number of amides is 1. The van der Waals surface area contributed by atoms with Crippen molar-refractivity contribution in [1.82, 2.24) is 5.32 Å². The van der Waals surface area contributed by atoms with Gasteiger partial charge in [0.15, 0.2) is 5.96 Å². The first kappa shape index (κ1) is 11.8. The molecule has 0 aromatic heterocycles. The highest BCUT2D eigenvalue weighted by Gasteiger charge is 2.14. The van der Waals surface area contributed by atoms with E-state index in [4.69, 9.17) is 11.5 Å². The first-order valence-corrected chi connectivity index (χ1v) is 5.53. The number of nitrogens with zero attached hydrogens (tertiary/aromatic N) is 1. The molecule has 1 amide bonds. The molecule has 0 aromatic carbocycles. The van der Waals surface area contributed by atoms with Crippen LogP contribution in [0.2, 0.25) is 0 Å². The molecule has 0 heterocycles. The Morgan fingerprint density at radius 1 is 1.33 bits per heavy atom. The van der Waals surface area contributed by atoms with E-state index in [1.165, 1.54) is 25.7 Å². The first-order valence-electron chi connectivity index (χ1n) is 5.53. The minimum atomic E-state index is -0.285. The lowest BCUT2D eigenvalue weighted by molar-refractivity contribution is -0.118. The fraction of sp³-hybridized carbons (Fsp3) is 0.800. The van der Waals surface area contributed by atoms with Crippen LogP contribution in [-0.4, -0.2) is 24.5 Å². The van der Waals surface area contributed by atoms with Gasteiger partial charge in [0.1, 0.15) is 0 Å². The molecule has 5 N–H and O–H groups in total. The molecule has 0 aliphatic heterocycles. The average molecular weight is 212 g/mol. The smallest absolute Gasteiger partial charge is 0.217 e. The lowest BCUT2D eigenvalue weighted by atomic mass is 10.2. The van der Waals surface area contributed by atoms with Gasteiger partial charge < -0.3 is 16.8 Å². The van der Waals surface area contributed by atoms with E-state index in [1.807, 2.05) is 0 Å². The Bertz CT molecular complexity index is 234. The van der Waals surface area contributed by atoms with Crippen molar-refractivity contribution in [2.24, 2.45) is 16.5 Å². The Labute approximate surface area is 90.3 Å². The summed E-state index contributed by atoms with van der Waals surface area (Å²) in [4.78, 5) is 14.6. The lowest BCUT2D eigenvalue weighted by Crippen LogP contribution is -2.38. The van der Waals surface area contributed by atoms with Gasteiger partial charge in [-0.1, -0.05) is 12.8 Å². The van der Waals surface area contributed by atoms with Crippen molar-refractivity contribution in [3.8, 4) is 0 Å². The van der Waals surface area contributed by atoms with E-state index in [1.54, 1.807) is 0 Å². The minimum absolute atomic E-state index is 0.285. The van der Waals surface area contributed by atoms with Crippen LogP contribution in [0.15, 0.2) is 4.99 Å². The zero-order valence-corrected chi connectivity index (χ0v) is 9.04. The maximum atomic E-state index is 10.4. The summed E-state index contributed by atoms with van der Waals surface area (Å²) < 4.78 is 0. The summed E-state index contributed by atoms with van der Waals surface area (Å²) in [5.74, 6) is 0.207. The van der Waals surface area contributed by atoms with Gasteiger partial charge in [0.25, 0.3) is 0 Å². The number of nitrogens with two attached hydrogens (primary N) is 2. The van der Waals surface area contributed by atoms with Crippen LogP contribution in [0.1, 0.15) is 38.5 Å². The maximum absolute atomic E-state index is 10.4. The monoisotopic (exact) mass is 212 g/mol. The average Bonchev–Trinajstić information content (AvgIpc) is 2.64. The number of hydrogen-bond acceptors (Lipinski definition) is 2. The molecule has 5 nitrogen and oxygen atoms in total. The Balaban J connectivity index is 2.12. The Kier molecular flexibility index (Phi) is 4.93. The predicted octanol–water partition coefficient (Wildman–Crippen LogP) is 0.0988. The van der Waals surface area contributed by atoms with Crippen LogP contribution in [0.25, 0.3) is 0 Å². The van der Waals surface area contributed by atoms with Crippen molar-refractivity contribution in [2.75, 3.05) is 6.54 Å². The number of guanidine groups is 1. The summed E-state index contributed by atoms with van der Waals surface area (Å²) in [5.41, 5.74) is 10.7. The van der Waals surface area contributed by atoms with Gasteiger partial charge in [-0.2, -0.15) is 0 Å². The molecule has 0 unspecified atom stereocenters. The Morgan fingerprint density at radius 3 is 2.60 bits per heavy atom. The van der Waals surface area contributed by atoms with E-state index >= 15 is 0 Å². The van der Waals surface area contributed by atoms with Gasteiger partial charge in [0, 0.05) is 19.0 Å². The summed E-state index contributed by atoms with van der Waals surface area (Å²) >= 11 is 0. The second kappa shape index (κ2) is 6.27. The topological polar surface area (TPSA) is 93.5 Å². The number of primary amides is 1. The second-order valence-electron chi connectivity index (χ2n) is 3.96. The number of aliphatic imine (C=N–C) groups is 1. The molecule has 86 valence electrons.